The van der Waals surface area contributed by atoms with E-state index in [4.69, 9.17) is 0 Å². The molecule has 0 radical (unpaired) electrons. The summed E-state index contributed by atoms with van der Waals surface area (Å²) in [6, 6.07) is 16.0. The number of nitrogens with zero attached hydrogens (tertiary/aromatic N) is 4. The smallest absolute Gasteiger partial charge is 0.199 e. The van der Waals surface area contributed by atoms with E-state index in [-0.39, 0.29) is 23.1 Å². The van der Waals surface area contributed by atoms with Gasteiger partial charge in [-0.2, -0.15) is 0 Å². The number of rotatable bonds is 28. The van der Waals surface area contributed by atoms with Gasteiger partial charge in [0.05, 0.1) is 0 Å². The predicted molar refractivity (Wildman–Crippen MR) is 285 cm³/mol. The van der Waals surface area contributed by atoms with Gasteiger partial charge in [0.15, 0.2) is 23.0 Å². The first-order valence-corrected chi connectivity index (χ1v) is 26.6. The van der Waals surface area contributed by atoms with Crippen molar-refractivity contribution in [1.29, 1.82) is 0 Å². The molecule has 0 bridgehead atoms. The third-order valence-corrected chi connectivity index (χ3v) is 14.2. The largest absolute Gasteiger partial charge is 0.871 e. The van der Waals surface area contributed by atoms with Crippen LogP contribution in [0.2, 0.25) is 0 Å². The molecule has 0 spiro atoms. The SMILES string of the molecule is CCCCN(CCCC)c1ccc(C2=C([O-])C(=C3C=CC(=[N+](C)CCCCCCCCCCC[N+](C)=C4C=CC(=C5C(=O)C(c6ccc(N(CCCC)CCCC)cc6)=C5[O-])C=C4)C=C3)C2=O)cc1. The van der Waals surface area contributed by atoms with E-state index in [9.17, 15) is 19.8 Å². The molecule has 2 aromatic rings. The molecule has 0 amide bonds. The standard InChI is InChI=1S/C61H80N4O4/c1-7-11-42-64(43-12-8-2)52-36-28-48(29-37-52)56-58(66)54(59(56)67)46-24-32-50(33-25-46)62(5)40-22-20-18-16-15-17-19-21-23-41-63(6)51-34-26-47(27-35-51)55-60(68)57(61(55)69)49-30-38-53(39-31-49)65(44-13-9-3)45-14-10-4/h24-39H,7-23,40-45H2,1-6H3. The summed E-state index contributed by atoms with van der Waals surface area (Å²) in [5.74, 6) is -0.629. The van der Waals surface area contributed by atoms with Crippen molar-refractivity contribution < 1.29 is 29.0 Å². The zero-order chi connectivity index (χ0) is 49.1. The summed E-state index contributed by atoms with van der Waals surface area (Å²) < 4.78 is 4.52. The molecular formula is C61H80N4O4. The number of carbonyl (C=O) groups excluding carboxylic acids is 2. The van der Waals surface area contributed by atoms with Crippen LogP contribution in [0.15, 0.2) is 131 Å². The van der Waals surface area contributed by atoms with Crippen molar-refractivity contribution in [2.75, 3.05) is 63.2 Å². The number of allylic oxidation sites excluding steroid dienone is 14. The summed E-state index contributed by atoms with van der Waals surface area (Å²) in [7, 11) is 4.22. The maximum atomic E-state index is 13.3. The number of ketones is 2. The van der Waals surface area contributed by atoms with Gasteiger partial charge in [0.1, 0.15) is 27.2 Å². The van der Waals surface area contributed by atoms with Gasteiger partial charge in [-0.25, -0.2) is 9.15 Å². The van der Waals surface area contributed by atoms with E-state index in [2.05, 4.69) is 85.0 Å². The average Bonchev–Trinajstić information content (AvgIpc) is 3.36. The van der Waals surface area contributed by atoms with E-state index in [1.807, 2.05) is 72.9 Å². The molecule has 0 heterocycles. The molecule has 368 valence electrons. The van der Waals surface area contributed by atoms with Crippen LogP contribution in [0.4, 0.5) is 11.4 Å². The van der Waals surface area contributed by atoms with Crippen LogP contribution in [0, 0.1) is 0 Å². The minimum absolute atomic E-state index is 0.157. The summed E-state index contributed by atoms with van der Waals surface area (Å²) in [6.07, 6.45) is 35.9. The van der Waals surface area contributed by atoms with Gasteiger partial charge >= 0.3 is 0 Å². The van der Waals surface area contributed by atoms with Crippen molar-refractivity contribution in [2.24, 2.45) is 0 Å². The lowest BCUT2D eigenvalue weighted by molar-refractivity contribution is -0.496. The fraction of sp³-hybridized carbons (Fsp3) is 0.475. The lowest BCUT2D eigenvalue weighted by Gasteiger charge is -2.32. The fourth-order valence-corrected chi connectivity index (χ4v) is 9.61. The molecule has 2 aromatic carbocycles. The van der Waals surface area contributed by atoms with Crippen LogP contribution in [0.1, 0.15) is 148 Å². The first-order chi connectivity index (χ1) is 33.6. The summed E-state index contributed by atoms with van der Waals surface area (Å²) >= 11 is 0. The van der Waals surface area contributed by atoms with Crippen LogP contribution < -0.4 is 20.0 Å². The summed E-state index contributed by atoms with van der Waals surface area (Å²) in [5, 5.41) is 26.5. The molecule has 4 aliphatic rings. The number of carbonyl (C=O) groups is 2. The Kier molecular flexibility index (Phi) is 20.5. The summed E-state index contributed by atoms with van der Waals surface area (Å²) in [4.78, 5) is 31.4. The molecule has 6 rings (SSSR count). The summed E-state index contributed by atoms with van der Waals surface area (Å²) in [6.45, 7) is 14.8. The highest BCUT2D eigenvalue weighted by atomic mass is 16.3. The van der Waals surface area contributed by atoms with Crippen LogP contribution in [0.3, 0.4) is 0 Å². The van der Waals surface area contributed by atoms with Crippen molar-refractivity contribution in [3.8, 4) is 0 Å². The molecule has 8 heteroatoms. The Morgan fingerprint density at radius 3 is 0.957 bits per heavy atom. The van der Waals surface area contributed by atoms with Gasteiger partial charge in [-0.15, -0.1) is 0 Å². The van der Waals surface area contributed by atoms with Crippen LogP contribution in [-0.4, -0.2) is 85.5 Å². The molecular weight excluding hydrogens is 853 g/mol. The maximum Gasteiger partial charge on any atom is 0.199 e. The van der Waals surface area contributed by atoms with Crippen molar-refractivity contribution in [3.05, 3.63) is 142 Å². The normalized spacial score (nSPS) is 15.5. The molecule has 0 saturated heterocycles. The first-order valence-electron chi connectivity index (χ1n) is 26.6. The second-order valence-corrected chi connectivity index (χ2v) is 19.4. The van der Waals surface area contributed by atoms with Crippen LogP contribution >= 0.6 is 0 Å². The second-order valence-electron chi connectivity index (χ2n) is 19.4. The van der Waals surface area contributed by atoms with E-state index in [1.54, 1.807) is 0 Å². The number of hydrogen-bond acceptors (Lipinski definition) is 6. The Morgan fingerprint density at radius 1 is 0.391 bits per heavy atom. The fourth-order valence-electron chi connectivity index (χ4n) is 9.61. The topological polar surface area (TPSA) is 92.8 Å². The highest BCUT2D eigenvalue weighted by Crippen LogP contribution is 2.39. The third-order valence-electron chi connectivity index (χ3n) is 14.2. The predicted octanol–water partition coefficient (Wildman–Crippen LogP) is 11.0. The molecule has 0 fully saturated rings. The minimum atomic E-state index is -0.157. The highest BCUT2D eigenvalue weighted by Gasteiger charge is 2.32. The van der Waals surface area contributed by atoms with Crippen molar-refractivity contribution in [2.45, 2.75) is 137 Å². The third kappa shape index (κ3) is 13.7. The Morgan fingerprint density at radius 2 is 0.681 bits per heavy atom. The van der Waals surface area contributed by atoms with E-state index < -0.39 is 0 Å². The van der Waals surface area contributed by atoms with Gasteiger partial charge in [0, 0.05) is 97.0 Å². The van der Waals surface area contributed by atoms with Crippen molar-refractivity contribution >= 4 is 45.5 Å². The van der Waals surface area contributed by atoms with Gasteiger partial charge in [-0.3, -0.25) is 9.59 Å². The summed E-state index contributed by atoms with van der Waals surface area (Å²) in [5.41, 5.74) is 8.50. The number of anilines is 2. The molecule has 0 atom stereocenters. The van der Waals surface area contributed by atoms with Gasteiger partial charge < -0.3 is 20.0 Å². The molecule has 0 unspecified atom stereocenters. The monoisotopic (exact) mass is 933 g/mol. The molecule has 4 aliphatic carbocycles. The Balaban J connectivity index is 0.857. The van der Waals surface area contributed by atoms with Crippen LogP contribution in [0.25, 0.3) is 11.1 Å². The lowest BCUT2D eigenvalue weighted by Crippen LogP contribution is -2.30. The van der Waals surface area contributed by atoms with E-state index in [1.165, 1.54) is 44.9 Å². The zero-order valence-electron chi connectivity index (χ0n) is 42.9. The lowest BCUT2D eigenvalue weighted by atomic mass is 9.80. The van der Waals surface area contributed by atoms with Crippen LogP contribution in [0.5, 0.6) is 0 Å². The first kappa shape index (κ1) is 52.6. The van der Waals surface area contributed by atoms with Crippen molar-refractivity contribution in [1.82, 2.24) is 0 Å². The van der Waals surface area contributed by atoms with Gasteiger partial charge in [0.25, 0.3) is 0 Å². The van der Waals surface area contributed by atoms with Crippen LogP contribution in [-0.2, 0) is 9.59 Å². The number of hydrogen-bond donors (Lipinski definition) is 0. The molecule has 8 nitrogen and oxygen atoms in total. The number of Topliss-reactive ketones (excluding diaryl/α,β-unsaturated/α-hetero) is 2. The maximum absolute atomic E-state index is 13.3. The zero-order valence-corrected chi connectivity index (χ0v) is 42.9. The van der Waals surface area contributed by atoms with E-state index >= 15 is 0 Å². The average molecular weight is 933 g/mol. The van der Waals surface area contributed by atoms with Crippen molar-refractivity contribution in [3.63, 3.8) is 0 Å². The van der Waals surface area contributed by atoms with E-state index in [0.717, 1.165) is 126 Å². The molecule has 0 aliphatic heterocycles. The molecule has 0 aromatic heterocycles. The quantitative estimate of drug-likeness (QED) is 0.0479. The van der Waals surface area contributed by atoms with Gasteiger partial charge in [-0.1, -0.05) is 121 Å². The van der Waals surface area contributed by atoms with Gasteiger partial charge in [-0.05, 0) is 109 Å². The Labute approximate surface area is 414 Å². The number of benzene rings is 2. The minimum Gasteiger partial charge on any atom is -0.871 e. The number of unbranched alkanes of at least 4 members (excludes halogenated alkanes) is 12. The molecule has 69 heavy (non-hydrogen) atoms. The molecule has 0 N–H and O–H groups in total. The highest BCUT2D eigenvalue weighted by molar-refractivity contribution is 6.40. The second kappa shape index (κ2) is 26.8. The molecule has 0 saturated carbocycles. The Bertz CT molecular complexity index is 2210. The Hall–Kier alpha value is -5.76. The van der Waals surface area contributed by atoms with E-state index in [0.29, 0.717) is 44.6 Å². The van der Waals surface area contributed by atoms with Gasteiger partial charge in [0.2, 0.25) is 0 Å².